The van der Waals surface area contributed by atoms with Gasteiger partial charge in [-0.2, -0.15) is 0 Å². The predicted molar refractivity (Wildman–Crippen MR) is 82.0 cm³/mol. The summed E-state index contributed by atoms with van der Waals surface area (Å²) in [7, 11) is 1.57. The number of hydrogen-bond donors (Lipinski definition) is 1. The number of amides is 1. The van der Waals surface area contributed by atoms with Gasteiger partial charge in [0.25, 0.3) is 11.6 Å². The molecular formula is C16H16N2O4. The normalized spacial score (nSPS) is 10.1. The Morgan fingerprint density at radius 1 is 1.27 bits per heavy atom. The van der Waals surface area contributed by atoms with Crippen molar-refractivity contribution in [3.05, 3.63) is 69.3 Å². The molecule has 2 aromatic carbocycles. The van der Waals surface area contributed by atoms with Gasteiger partial charge in [-0.05, 0) is 30.7 Å². The molecule has 0 unspecified atom stereocenters. The highest BCUT2D eigenvalue weighted by molar-refractivity contribution is 5.96. The van der Waals surface area contributed by atoms with Crippen molar-refractivity contribution in [2.75, 3.05) is 7.11 Å². The van der Waals surface area contributed by atoms with E-state index in [2.05, 4.69) is 5.32 Å². The minimum Gasteiger partial charge on any atom is -0.497 e. The number of nitrogens with zero attached hydrogens (tertiary/aromatic N) is 1. The molecule has 1 amide bonds. The van der Waals surface area contributed by atoms with Crippen molar-refractivity contribution in [2.45, 2.75) is 13.5 Å². The molecule has 1 N–H and O–H groups in total. The fourth-order valence-corrected chi connectivity index (χ4v) is 2.13. The molecule has 0 aliphatic heterocycles. The average Bonchev–Trinajstić information content (AvgIpc) is 2.52. The van der Waals surface area contributed by atoms with Gasteiger partial charge in [0.15, 0.2) is 0 Å². The van der Waals surface area contributed by atoms with Crippen LogP contribution in [0.4, 0.5) is 5.69 Å². The minimum atomic E-state index is -0.492. The van der Waals surface area contributed by atoms with Gasteiger partial charge in [0.05, 0.1) is 12.0 Å². The summed E-state index contributed by atoms with van der Waals surface area (Å²) >= 11 is 0. The fraction of sp³-hybridized carbons (Fsp3) is 0.188. The van der Waals surface area contributed by atoms with Crippen LogP contribution in [0.5, 0.6) is 5.75 Å². The van der Waals surface area contributed by atoms with E-state index >= 15 is 0 Å². The number of hydrogen-bond acceptors (Lipinski definition) is 4. The molecule has 114 valence electrons. The lowest BCUT2D eigenvalue weighted by Crippen LogP contribution is -2.23. The average molecular weight is 300 g/mol. The zero-order chi connectivity index (χ0) is 16.1. The van der Waals surface area contributed by atoms with Crippen LogP contribution in [-0.4, -0.2) is 17.9 Å². The maximum absolute atomic E-state index is 12.2. The second-order valence-corrected chi connectivity index (χ2v) is 4.74. The number of nitro benzene ring substituents is 1. The van der Waals surface area contributed by atoms with E-state index in [0.717, 1.165) is 5.56 Å². The molecule has 0 bridgehead atoms. The molecule has 0 spiro atoms. The molecule has 6 heteroatoms. The number of nitrogens with one attached hydrogen (secondary N) is 1. The van der Waals surface area contributed by atoms with Gasteiger partial charge in [0.1, 0.15) is 5.75 Å². The molecule has 0 atom stereocenters. The maximum atomic E-state index is 12.2. The molecule has 0 aliphatic carbocycles. The number of benzene rings is 2. The molecule has 0 saturated carbocycles. The molecule has 0 aromatic heterocycles. The Morgan fingerprint density at radius 2 is 2.00 bits per heavy atom. The van der Waals surface area contributed by atoms with E-state index in [4.69, 9.17) is 4.74 Å². The second-order valence-electron chi connectivity index (χ2n) is 4.74. The highest BCUT2D eigenvalue weighted by atomic mass is 16.6. The number of methoxy groups -OCH3 is 1. The van der Waals surface area contributed by atoms with E-state index in [0.29, 0.717) is 23.4 Å². The Bertz CT molecular complexity index is 713. The van der Waals surface area contributed by atoms with Crippen molar-refractivity contribution < 1.29 is 14.5 Å². The zero-order valence-electron chi connectivity index (χ0n) is 12.3. The third-order valence-electron chi connectivity index (χ3n) is 3.33. The molecule has 0 heterocycles. The Morgan fingerprint density at radius 3 is 2.68 bits per heavy atom. The molecule has 6 nitrogen and oxygen atoms in total. The molecule has 2 rings (SSSR count). The number of carbonyl (C=O) groups is 1. The van der Waals surface area contributed by atoms with Crippen LogP contribution in [0.3, 0.4) is 0 Å². The van der Waals surface area contributed by atoms with Gasteiger partial charge < -0.3 is 10.1 Å². The van der Waals surface area contributed by atoms with E-state index in [1.165, 1.54) is 12.1 Å². The lowest BCUT2D eigenvalue weighted by molar-refractivity contribution is -0.385. The first kappa shape index (κ1) is 15.5. The molecule has 22 heavy (non-hydrogen) atoms. The van der Waals surface area contributed by atoms with Gasteiger partial charge in [-0.3, -0.25) is 14.9 Å². The lowest BCUT2D eigenvalue weighted by atomic mass is 10.1. The number of ether oxygens (including phenoxy) is 1. The van der Waals surface area contributed by atoms with Crippen molar-refractivity contribution in [3.63, 3.8) is 0 Å². The van der Waals surface area contributed by atoms with Gasteiger partial charge in [-0.15, -0.1) is 0 Å². The molecular weight excluding hydrogens is 284 g/mol. The highest BCUT2D eigenvalue weighted by Gasteiger charge is 2.17. The van der Waals surface area contributed by atoms with Crippen LogP contribution in [-0.2, 0) is 6.54 Å². The van der Waals surface area contributed by atoms with Crippen molar-refractivity contribution in [2.24, 2.45) is 0 Å². The number of carbonyl (C=O) groups excluding carboxylic acids is 1. The van der Waals surface area contributed by atoms with E-state index in [9.17, 15) is 14.9 Å². The van der Waals surface area contributed by atoms with Crippen molar-refractivity contribution >= 4 is 11.6 Å². The van der Waals surface area contributed by atoms with Crippen LogP contribution < -0.4 is 10.1 Å². The number of rotatable bonds is 5. The summed E-state index contributed by atoms with van der Waals surface area (Å²) in [6.07, 6.45) is 0. The lowest BCUT2D eigenvalue weighted by Gasteiger charge is -2.09. The summed E-state index contributed by atoms with van der Waals surface area (Å²) in [5.74, 6) is 0.363. The summed E-state index contributed by atoms with van der Waals surface area (Å²) in [6, 6.07) is 11.8. The largest absolute Gasteiger partial charge is 0.497 e. The van der Waals surface area contributed by atoms with Gasteiger partial charge in [0.2, 0.25) is 0 Å². The van der Waals surface area contributed by atoms with Gasteiger partial charge in [-0.1, -0.05) is 18.2 Å². The second kappa shape index (κ2) is 6.71. The summed E-state index contributed by atoms with van der Waals surface area (Å²) < 4.78 is 5.12. The van der Waals surface area contributed by atoms with Crippen molar-refractivity contribution in [1.82, 2.24) is 5.32 Å². The van der Waals surface area contributed by atoms with E-state index in [1.54, 1.807) is 20.1 Å². The minimum absolute atomic E-state index is 0.0611. The Balaban J connectivity index is 2.12. The third kappa shape index (κ3) is 3.41. The first-order chi connectivity index (χ1) is 10.5. The molecule has 0 saturated heterocycles. The quantitative estimate of drug-likeness (QED) is 0.680. The monoisotopic (exact) mass is 300 g/mol. The van der Waals surface area contributed by atoms with Crippen LogP contribution in [0.2, 0.25) is 0 Å². The van der Waals surface area contributed by atoms with Crippen LogP contribution >= 0.6 is 0 Å². The maximum Gasteiger partial charge on any atom is 0.273 e. The Labute approximate surface area is 127 Å². The van der Waals surface area contributed by atoms with Crippen LogP contribution in [0.1, 0.15) is 21.5 Å². The zero-order valence-corrected chi connectivity index (χ0v) is 12.3. The van der Waals surface area contributed by atoms with E-state index in [1.807, 2.05) is 24.3 Å². The smallest absolute Gasteiger partial charge is 0.273 e. The topological polar surface area (TPSA) is 81.5 Å². The Kier molecular flexibility index (Phi) is 4.73. The van der Waals surface area contributed by atoms with Gasteiger partial charge in [-0.25, -0.2) is 0 Å². The number of nitro groups is 1. The summed E-state index contributed by atoms with van der Waals surface area (Å²) in [5.41, 5.74) is 1.48. The third-order valence-corrected chi connectivity index (χ3v) is 3.33. The molecule has 0 radical (unpaired) electrons. The van der Waals surface area contributed by atoms with Crippen LogP contribution in [0, 0.1) is 17.0 Å². The van der Waals surface area contributed by atoms with Crippen molar-refractivity contribution in [3.8, 4) is 5.75 Å². The predicted octanol–water partition coefficient (Wildman–Crippen LogP) is 2.84. The first-order valence-electron chi connectivity index (χ1n) is 6.68. The molecule has 0 aliphatic rings. The molecule has 0 fully saturated rings. The van der Waals surface area contributed by atoms with Crippen molar-refractivity contribution in [1.29, 1.82) is 0 Å². The summed E-state index contributed by atoms with van der Waals surface area (Å²) in [6.45, 7) is 1.89. The Hall–Kier alpha value is -2.89. The van der Waals surface area contributed by atoms with Gasteiger partial charge >= 0.3 is 0 Å². The van der Waals surface area contributed by atoms with E-state index in [-0.39, 0.29) is 11.6 Å². The van der Waals surface area contributed by atoms with E-state index < -0.39 is 4.92 Å². The van der Waals surface area contributed by atoms with Gasteiger partial charge in [0, 0.05) is 23.7 Å². The first-order valence-corrected chi connectivity index (χ1v) is 6.68. The summed E-state index contributed by atoms with van der Waals surface area (Å²) in [5, 5.41) is 13.7. The SMILES string of the molecule is COc1cccc(CNC(=O)c2cccc([N+](=O)[O-])c2C)c1. The fourth-order valence-electron chi connectivity index (χ4n) is 2.13. The van der Waals surface area contributed by atoms with Crippen LogP contribution in [0.25, 0.3) is 0 Å². The highest BCUT2D eigenvalue weighted by Crippen LogP contribution is 2.21. The summed E-state index contributed by atoms with van der Waals surface area (Å²) in [4.78, 5) is 22.6. The molecule has 2 aromatic rings. The standard InChI is InChI=1S/C16H16N2O4/c1-11-14(7-4-8-15(11)18(20)21)16(19)17-10-12-5-3-6-13(9-12)22-2/h3-9H,10H2,1-2H3,(H,17,19). The van der Waals surface area contributed by atoms with Crippen LogP contribution in [0.15, 0.2) is 42.5 Å².